The van der Waals surface area contributed by atoms with Crippen LogP contribution in [0.1, 0.15) is 44.9 Å². The minimum atomic E-state index is -0.850. The second kappa shape index (κ2) is 12.1. The molecule has 3 amide bonds. The summed E-state index contributed by atoms with van der Waals surface area (Å²) in [4.78, 5) is 42.3. The van der Waals surface area contributed by atoms with E-state index in [1.165, 1.54) is 4.90 Å². The second-order valence-electron chi connectivity index (χ2n) is 6.99. The average molecular weight is 399 g/mol. The molecule has 0 bridgehead atoms. The van der Waals surface area contributed by atoms with E-state index in [0.717, 1.165) is 12.8 Å². The number of nitrogens with zero attached hydrogens (tertiary/aromatic N) is 2. The van der Waals surface area contributed by atoms with E-state index in [9.17, 15) is 14.4 Å². The van der Waals surface area contributed by atoms with Gasteiger partial charge in [0.15, 0.2) is 5.96 Å². The summed E-state index contributed by atoms with van der Waals surface area (Å²) in [6.07, 6.45) is 4.08. The zero-order valence-corrected chi connectivity index (χ0v) is 16.3. The maximum atomic E-state index is 12.7. The van der Waals surface area contributed by atoms with Gasteiger partial charge in [-0.15, -0.1) is 0 Å². The van der Waals surface area contributed by atoms with Crippen LogP contribution in [0.4, 0.5) is 0 Å². The lowest BCUT2D eigenvalue weighted by Crippen LogP contribution is -2.54. The Bertz CT molecular complexity index is 565. The van der Waals surface area contributed by atoms with Gasteiger partial charge in [0.2, 0.25) is 17.7 Å². The molecule has 0 aromatic carbocycles. The summed E-state index contributed by atoms with van der Waals surface area (Å²) in [6.45, 7) is 1.34. The molecule has 1 aliphatic rings. The van der Waals surface area contributed by atoms with E-state index >= 15 is 0 Å². The summed E-state index contributed by atoms with van der Waals surface area (Å²) >= 11 is 0. The van der Waals surface area contributed by atoms with Crippen LogP contribution in [-0.2, 0) is 14.4 Å². The molecule has 0 saturated carbocycles. The molecule has 3 unspecified atom stereocenters. The van der Waals surface area contributed by atoms with Crippen LogP contribution in [0.15, 0.2) is 4.99 Å². The van der Waals surface area contributed by atoms with Gasteiger partial charge >= 0.3 is 0 Å². The molecule has 1 aliphatic heterocycles. The lowest BCUT2D eigenvalue weighted by atomic mass is 10.1. The summed E-state index contributed by atoms with van der Waals surface area (Å²) in [7, 11) is 0. The molecule has 0 aromatic rings. The van der Waals surface area contributed by atoms with E-state index in [4.69, 9.17) is 28.7 Å². The van der Waals surface area contributed by atoms with Crippen LogP contribution in [-0.4, -0.2) is 66.3 Å². The van der Waals surface area contributed by atoms with E-state index in [-0.39, 0.29) is 11.9 Å². The number of guanidine groups is 1. The van der Waals surface area contributed by atoms with E-state index in [1.54, 1.807) is 0 Å². The normalized spacial score (nSPS) is 18.4. The predicted octanol–water partition coefficient (Wildman–Crippen LogP) is -2.54. The third kappa shape index (κ3) is 7.69. The van der Waals surface area contributed by atoms with Crippen LogP contribution < -0.4 is 34.0 Å². The molecule has 1 rings (SSSR count). The van der Waals surface area contributed by atoms with Crippen molar-refractivity contribution in [3.05, 3.63) is 0 Å². The average Bonchev–Trinajstić information content (AvgIpc) is 3.12. The van der Waals surface area contributed by atoms with Crippen molar-refractivity contribution >= 4 is 23.7 Å². The highest BCUT2D eigenvalue weighted by molar-refractivity contribution is 5.93. The number of primary amides is 1. The number of likely N-dealkylation sites (tertiary alicyclic amines) is 1. The van der Waals surface area contributed by atoms with Crippen molar-refractivity contribution in [1.29, 1.82) is 0 Å². The minimum absolute atomic E-state index is 0.0393. The fraction of sp³-hybridized carbons (Fsp3) is 0.765. The Kier molecular flexibility index (Phi) is 10.2. The number of amides is 3. The van der Waals surface area contributed by atoms with Crippen molar-refractivity contribution in [2.45, 2.75) is 63.1 Å². The summed E-state index contributed by atoms with van der Waals surface area (Å²) in [5.41, 5.74) is 27.3. The van der Waals surface area contributed by atoms with E-state index in [1.807, 2.05) is 0 Å². The van der Waals surface area contributed by atoms with E-state index < -0.39 is 29.9 Å². The van der Waals surface area contributed by atoms with Crippen molar-refractivity contribution in [2.75, 3.05) is 19.6 Å². The Balaban J connectivity index is 2.62. The SMILES string of the molecule is NCCCCC(N)C(=O)N1CCCC1C(=O)NC(CCCN=C(N)N)C(N)=O. The van der Waals surface area contributed by atoms with Gasteiger partial charge in [-0.2, -0.15) is 0 Å². The molecule has 0 radical (unpaired) electrons. The smallest absolute Gasteiger partial charge is 0.243 e. The van der Waals surface area contributed by atoms with Gasteiger partial charge in [0, 0.05) is 13.1 Å². The van der Waals surface area contributed by atoms with Crippen LogP contribution in [0.25, 0.3) is 0 Å². The summed E-state index contributed by atoms with van der Waals surface area (Å²) < 4.78 is 0. The quantitative estimate of drug-likeness (QED) is 0.118. The number of rotatable bonds is 12. The Morgan fingerprint density at radius 2 is 1.82 bits per heavy atom. The predicted molar refractivity (Wildman–Crippen MR) is 107 cm³/mol. The van der Waals surface area contributed by atoms with Crippen LogP contribution in [0.2, 0.25) is 0 Å². The maximum Gasteiger partial charge on any atom is 0.243 e. The number of hydrogen-bond acceptors (Lipinski definition) is 6. The Morgan fingerprint density at radius 3 is 2.43 bits per heavy atom. The van der Waals surface area contributed by atoms with Crippen molar-refractivity contribution in [1.82, 2.24) is 10.2 Å². The number of carbonyl (C=O) groups excluding carboxylic acids is 3. The highest BCUT2D eigenvalue weighted by Crippen LogP contribution is 2.19. The van der Waals surface area contributed by atoms with Gasteiger partial charge in [0.25, 0.3) is 0 Å². The topological polar surface area (TPSA) is 209 Å². The Hall–Kier alpha value is -2.40. The molecule has 1 saturated heterocycles. The molecule has 0 spiro atoms. The Morgan fingerprint density at radius 1 is 1.11 bits per heavy atom. The lowest BCUT2D eigenvalue weighted by molar-refractivity contribution is -0.140. The number of hydrogen-bond donors (Lipinski definition) is 6. The first kappa shape index (κ1) is 23.6. The fourth-order valence-electron chi connectivity index (χ4n) is 3.21. The van der Waals surface area contributed by atoms with Gasteiger partial charge in [0.05, 0.1) is 6.04 Å². The first-order valence-corrected chi connectivity index (χ1v) is 9.69. The third-order valence-electron chi connectivity index (χ3n) is 4.73. The third-order valence-corrected chi connectivity index (χ3v) is 4.73. The minimum Gasteiger partial charge on any atom is -0.370 e. The first-order chi connectivity index (χ1) is 13.3. The van der Waals surface area contributed by atoms with Crippen molar-refractivity contribution in [3.63, 3.8) is 0 Å². The zero-order chi connectivity index (χ0) is 21.1. The van der Waals surface area contributed by atoms with Gasteiger partial charge in [-0.1, -0.05) is 6.42 Å². The highest BCUT2D eigenvalue weighted by atomic mass is 16.2. The summed E-state index contributed by atoms with van der Waals surface area (Å²) in [5, 5.41) is 2.65. The molecular formula is C17H34N8O3. The number of unbranched alkanes of at least 4 members (excludes halogenated alkanes) is 1. The number of carbonyl (C=O) groups is 3. The standard InChI is InChI=1S/C17H34N8O3/c18-8-2-1-5-11(19)16(28)25-10-4-7-13(25)15(27)24-12(14(20)26)6-3-9-23-17(21)22/h11-13H,1-10,18-19H2,(H2,20,26)(H,24,27)(H4,21,22,23). The van der Waals surface area contributed by atoms with Crippen LogP contribution in [0.5, 0.6) is 0 Å². The fourth-order valence-corrected chi connectivity index (χ4v) is 3.21. The van der Waals surface area contributed by atoms with Gasteiger partial charge in [-0.05, 0) is 45.1 Å². The zero-order valence-electron chi connectivity index (χ0n) is 16.3. The summed E-state index contributed by atoms with van der Waals surface area (Å²) in [5.74, 6) is -1.33. The monoisotopic (exact) mass is 398 g/mol. The number of aliphatic imine (C=N–C) groups is 1. The molecule has 1 fully saturated rings. The largest absolute Gasteiger partial charge is 0.370 e. The molecule has 0 aromatic heterocycles. The molecule has 160 valence electrons. The highest BCUT2D eigenvalue weighted by Gasteiger charge is 2.37. The first-order valence-electron chi connectivity index (χ1n) is 9.69. The van der Waals surface area contributed by atoms with Gasteiger partial charge in [0.1, 0.15) is 12.1 Å². The van der Waals surface area contributed by atoms with Gasteiger partial charge in [-0.25, -0.2) is 0 Å². The van der Waals surface area contributed by atoms with Crippen LogP contribution in [0.3, 0.4) is 0 Å². The summed E-state index contributed by atoms with van der Waals surface area (Å²) in [6, 6.07) is -2.16. The molecule has 11 N–H and O–H groups in total. The molecule has 0 aliphatic carbocycles. The van der Waals surface area contributed by atoms with Crippen molar-refractivity contribution in [2.24, 2.45) is 33.7 Å². The number of nitrogens with two attached hydrogens (primary N) is 5. The lowest BCUT2D eigenvalue weighted by Gasteiger charge is -2.28. The molecule has 3 atom stereocenters. The maximum absolute atomic E-state index is 12.7. The van der Waals surface area contributed by atoms with Crippen molar-refractivity contribution in [3.8, 4) is 0 Å². The van der Waals surface area contributed by atoms with E-state index in [2.05, 4.69) is 10.3 Å². The molecular weight excluding hydrogens is 364 g/mol. The Labute approximate surface area is 165 Å². The molecule has 11 nitrogen and oxygen atoms in total. The number of nitrogens with one attached hydrogen (secondary N) is 1. The van der Waals surface area contributed by atoms with Gasteiger partial charge < -0.3 is 38.9 Å². The van der Waals surface area contributed by atoms with Crippen molar-refractivity contribution < 1.29 is 14.4 Å². The van der Waals surface area contributed by atoms with E-state index in [0.29, 0.717) is 51.7 Å². The van der Waals surface area contributed by atoms with Crippen LogP contribution in [0, 0.1) is 0 Å². The van der Waals surface area contributed by atoms with Gasteiger partial charge in [-0.3, -0.25) is 19.4 Å². The molecule has 11 heteroatoms. The molecule has 28 heavy (non-hydrogen) atoms. The molecule has 1 heterocycles. The van der Waals surface area contributed by atoms with Crippen LogP contribution >= 0.6 is 0 Å². The second-order valence-corrected chi connectivity index (χ2v) is 6.99.